The van der Waals surface area contributed by atoms with E-state index in [0.29, 0.717) is 11.3 Å². The molecule has 2 amide bonds. The Balaban J connectivity index is 2.16. The van der Waals surface area contributed by atoms with Gasteiger partial charge < -0.3 is 20.5 Å². The van der Waals surface area contributed by atoms with Gasteiger partial charge >= 0.3 is 6.36 Å². The zero-order valence-corrected chi connectivity index (χ0v) is 16.8. The minimum absolute atomic E-state index is 0.0838. The Bertz CT molecular complexity index is 940. The number of hydrogen-bond donors (Lipinski definition) is 3. The molecule has 1 atom stereocenters. The molecule has 0 radical (unpaired) electrons. The summed E-state index contributed by atoms with van der Waals surface area (Å²) in [4.78, 5) is 28.7. The Kier molecular flexibility index (Phi) is 6.71. The number of carbonyl (C=O) groups is 2. The number of benzene rings is 1. The lowest BCUT2D eigenvalue weighted by atomic mass is 10.1. The summed E-state index contributed by atoms with van der Waals surface area (Å²) in [5.41, 5.74) is -0.595. The fraction of sp³-hybridized carbons (Fsp3) is 0.350. The van der Waals surface area contributed by atoms with Crippen LogP contribution in [0.1, 0.15) is 48.4 Å². The van der Waals surface area contributed by atoms with Gasteiger partial charge in [0.1, 0.15) is 17.2 Å². The Labute approximate surface area is 171 Å². The van der Waals surface area contributed by atoms with Crippen LogP contribution in [0.3, 0.4) is 0 Å². The molecule has 0 saturated carbocycles. The highest BCUT2D eigenvalue weighted by Crippen LogP contribution is 2.25. The van der Waals surface area contributed by atoms with Crippen LogP contribution in [0.25, 0.3) is 0 Å². The lowest BCUT2D eigenvalue weighted by Crippen LogP contribution is -2.37. The van der Waals surface area contributed by atoms with Crippen LogP contribution in [0.15, 0.2) is 36.4 Å². The molecule has 1 aromatic heterocycles. The van der Waals surface area contributed by atoms with Crippen molar-refractivity contribution in [1.29, 1.82) is 0 Å². The highest BCUT2D eigenvalue weighted by molar-refractivity contribution is 5.98. The van der Waals surface area contributed by atoms with Gasteiger partial charge in [0.05, 0.1) is 6.04 Å². The number of alkyl halides is 3. The van der Waals surface area contributed by atoms with Gasteiger partial charge in [-0.1, -0.05) is 12.1 Å². The van der Waals surface area contributed by atoms with Gasteiger partial charge in [-0.2, -0.15) is 0 Å². The van der Waals surface area contributed by atoms with Gasteiger partial charge in [-0.05, 0) is 57.5 Å². The molecule has 1 unspecified atom stereocenters. The third kappa shape index (κ3) is 6.73. The van der Waals surface area contributed by atoms with Crippen LogP contribution in [0, 0.1) is 6.92 Å². The Hall–Kier alpha value is -3.14. The smallest absolute Gasteiger partial charge is 0.406 e. The van der Waals surface area contributed by atoms with Crippen molar-refractivity contribution in [2.24, 2.45) is 0 Å². The van der Waals surface area contributed by atoms with Crippen LogP contribution in [0.4, 0.5) is 19.0 Å². The summed E-state index contributed by atoms with van der Waals surface area (Å²) >= 11 is 0. The van der Waals surface area contributed by atoms with Crippen LogP contribution in [-0.4, -0.2) is 33.9 Å². The van der Waals surface area contributed by atoms with Crippen LogP contribution in [0.2, 0.25) is 0 Å². The van der Waals surface area contributed by atoms with Gasteiger partial charge in [0.15, 0.2) is 0 Å². The maximum absolute atomic E-state index is 12.6. The molecule has 0 aliphatic carbocycles. The van der Waals surface area contributed by atoms with E-state index in [1.54, 1.807) is 19.9 Å². The van der Waals surface area contributed by atoms with Gasteiger partial charge in [0.25, 0.3) is 11.8 Å². The first kappa shape index (κ1) is 23.1. The quantitative estimate of drug-likeness (QED) is 0.658. The van der Waals surface area contributed by atoms with Gasteiger partial charge in [0.2, 0.25) is 0 Å². The number of carbonyl (C=O) groups excluding carboxylic acids is 2. The molecule has 3 N–H and O–H groups in total. The normalized spacial score (nSPS) is 12.8. The summed E-state index contributed by atoms with van der Waals surface area (Å²) in [6, 6.07) is 7.49. The molecule has 10 heteroatoms. The third-order valence-corrected chi connectivity index (χ3v) is 3.95. The van der Waals surface area contributed by atoms with Gasteiger partial charge in [-0.3, -0.25) is 9.59 Å². The van der Waals surface area contributed by atoms with E-state index >= 15 is 0 Å². The first-order valence-electron chi connectivity index (χ1n) is 8.94. The Morgan fingerprint density at radius 2 is 1.83 bits per heavy atom. The van der Waals surface area contributed by atoms with E-state index in [1.165, 1.54) is 38.1 Å². The number of rotatable bonds is 6. The Morgan fingerprint density at radius 3 is 2.43 bits per heavy atom. The van der Waals surface area contributed by atoms with Crippen molar-refractivity contribution in [1.82, 2.24) is 10.3 Å². The molecule has 1 heterocycles. The van der Waals surface area contributed by atoms with Crippen molar-refractivity contribution < 1.29 is 32.6 Å². The van der Waals surface area contributed by atoms with Crippen LogP contribution < -0.4 is 15.4 Å². The summed E-state index contributed by atoms with van der Waals surface area (Å²) in [6.45, 7) is 5.85. The second-order valence-electron chi connectivity index (χ2n) is 7.21. The van der Waals surface area contributed by atoms with E-state index in [9.17, 15) is 27.9 Å². The topological polar surface area (TPSA) is 101 Å². The minimum atomic E-state index is -4.82. The van der Waals surface area contributed by atoms with E-state index in [1.807, 2.05) is 0 Å². The van der Waals surface area contributed by atoms with Gasteiger partial charge in [-0.25, -0.2) is 4.98 Å². The van der Waals surface area contributed by atoms with E-state index in [-0.39, 0.29) is 11.4 Å². The zero-order chi connectivity index (χ0) is 22.7. The zero-order valence-electron chi connectivity index (χ0n) is 16.8. The molecule has 2 aromatic rings. The summed E-state index contributed by atoms with van der Waals surface area (Å²) in [5.74, 6) is -1.52. The largest absolute Gasteiger partial charge is 0.573 e. The summed E-state index contributed by atoms with van der Waals surface area (Å²) in [5, 5.41) is 14.8. The molecule has 0 fully saturated rings. The van der Waals surface area contributed by atoms with Crippen LogP contribution in [0.5, 0.6) is 5.75 Å². The lowest BCUT2D eigenvalue weighted by Gasteiger charge is -2.18. The Morgan fingerprint density at radius 1 is 1.17 bits per heavy atom. The second kappa shape index (κ2) is 8.70. The molecule has 7 nitrogen and oxygen atoms in total. The van der Waals surface area contributed by atoms with Crippen LogP contribution >= 0.6 is 0 Å². The first-order chi connectivity index (χ1) is 13.7. The van der Waals surface area contributed by atoms with E-state index in [2.05, 4.69) is 20.4 Å². The molecule has 30 heavy (non-hydrogen) atoms. The molecule has 2 rings (SSSR count). The molecular weight excluding hydrogens is 403 g/mol. The number of halogens is 3. The van der Waals surface area contributed by atoms with Crippen molar-refractivity contribution in [3.8, 4) is 5.75 Å². The lowest BCUT2D eigenvalue weighted by molar-refractivity contribution is -0.274. The second-order valence-corrected chi connectivity index (χ2v) is 7.21. The van der Waals surface area contributed by atoms with E-state index in [0.717, 1.165) is 6.07 Å². The van der Waals surface area contributed by atoms with Crippen molar-refractivity contribution in [2.75, 3.05) is 5.32 Å². The van der Waals surface area contributed by atoms with Crippen molar-refractivity contribution in [3.05, 3.63) is 53.2 Å². The molecule has 1 aromatic carbocycles. The number of anilines is 1. The molecule has 0 saturated heterocycles. The molecule has 0 spiro atoms. The van der Waals surface area contributed by atoms with Gasteiger partial charge in [0, 0.05) is 11.3 Å². The minimum Gasteiger partial charge on any atom is -0.406 e. The number of nitrogens with one attached hydrogen (secondary N) is 2. The standard InChI is InChI=1S/C20H22F3N3O4/c1-11-8-14(10-16(24-11)26-18(28)19(3,4)29)17(27)25-12(2)13-6-5-7-15(9-13)30-20(21,22)23/h5-10,12,29H,1-4H3,(H,25,27)(H,24,26,28). The maximum Gasteiger partial charge on any atom is 0.573 e. The number of aromatic nitrogens is 1. The van der Waals surface area contributed by atoms with E-state index in [4.69, 9.17) is 0 Å². The molecule has 0 aliphatic rings. The van der Waals surface area contributed by atoms with Crippen LogP contribution in [-0.2, 0) is 4.79 Å². The number of hydrogen-bond acceptors (Lipinski definition) is 5. The monoisotopic (exact) mass is 425 g/mol. The van der Waals surface area contributed by atoms with E-state index < -0.39 is 35.6 Å². The van der Waals surface area contributed by atoms with Crippen molar-refractivity contribution >= 4 is 17.6 Å². The number of aryl methyl sites for hydroxylation is 1. The molecule has 0 aliphatic heterocycles. The molecule has 162 valence electrons. The number of amides is 2. The van der Waals surface area contributed by atoms with Gasteiger partial charge in [-0.15, -0.1) is 13.2 Å². The summed E-state index contributed by atoms with van der Waals surface area (Å²) in [7, 11) is 0. The maximum atomic E-state index is 12.6. The molecular formula is C20H22F3N3O4. The van der Waals surface area contributed by atoms with Crippen molar-refractivity contribution in [3.63, 3.8) is 0 Å². The predicted octanol–water partition coefficient (Wildman–Crippen LogP) is 3.49. The summed E-state index contributed by atoms with van der Waals surface area (Å²) in [6.07, 6.45) is -4.82. The number of nitrogens with zero attached hydrogens (tertiary/aromatic N) is 1. The average molecular weight is 425 g/mol. The SMILES string of the molecule is Cc1cc(C(=O)NC(C)c2cccc(OC(F)(F)F)c2)cc(NC(=O)C(C)(C)O)n1. The fourth-order valence-electron chi connectivity index (χ4n) is 2.48. The number of pyridine rings is 1. The predicted molar refractivity (Wildman–Crippen MR) is 103 cm³/mol. The molecule has 0 bridgehead atoms. The number of aliphatic hydroxyl groups is 1. The fourth-order valence-corrected chi connectivity index (χ4v) is 2.48. The average Bonchev–Trinajstić information content (AvgIpc) is 2.59. The number of ether oxygens (including phenoxy) is 1. The summed E-state index contributed by atoms with van der Waals surface area (Å²) < 4.78 is 41.1. The van der Waals surface area contributed by atoms with Crippen molar-refractivity contribution in [2.45, 2.75) is 45.7 Å². The highest BCUT2D eigenvalue weighted by Gasteiger charge is 2.31. The first-order valence-corrected chi connectivity index (χ1v) is 8.94. The highest BCUT2D eigenvalue weighted by atomic mass is 19.4. The third-order valence-electron chi connectivity index (χ3n) is 3.95.